The van der Waals surface area contributed by atoms with Gasteiger partial charge in [0, 0.05) is 19.4 Å². The van der Waals surface area contributed by atoms with E-state index in [2.05, 4.69) is 16.6 Å². The number of sulfonamides is 1. The van der Waals surface area contributed by atoms with Crippen molar-refractivity contribution in [3.63, 3.8) is 0 Å². The summed E-state index contributed by atoms with van der Waals surface area (Å²) >= 11 is 0. The fraction of sp³-hybridized carbons (Fsp3) is 0.250. The first-order valence-electron chi connectivity index (χ1n) is 8.64. The first-order valence-corrected chi connectivity index (χ1v) is 10.1. The number of aromatic nitrogens is 2. The molecule has 1 atom stereocenters. The molecule has 2 aromatic carbocycles. The van der Waals surface area contributed by atoms with E-state index in [0.29, 0.717) is 5.82 Å². The Bertz CT molecular complexity index is 948. The lowest BCUT2D eigenvalue weighted by Crippen LogP contribution is -2.31. The molecule has 0 bridgehead atoms. The normalized spacial score (nSPS) is 12.8. The van der Waals surface area contributed by atoms with Gasteiger partial charge in [-0.15, -0.1) is 0 Å². The van der Waals surface area contributed by atoms with Crippen molar-refractivity contribution in [1.29, 1.82) is 0 Å². The molecule has 0 radical (unpaired) electrons. The summed E-state index contributed by atoms with van der Waals surface area (Å²) in [4.78, 5) is 4.60. The van der Waals surface area contributed by atoms with Gasteiger partial charge in [0.25, 0.3) is 0 Å². The van der Waals surface area contributed by atoms with Gasteiger partial charge in [-0.1, -0.05) is 55.8 Å². The monoisotopic (exact) mass is 369 g/mol. The van der Waals surface area contributed by atoms with Crippen LogP contribution >= 0.6 is 0 Å². The number of nitrogens with zero attached hydrogens (tertiary/aromatic N) is 2. The molecule has 1 unspecified atom stereocenters. The van der Waals surface area contributed by atoms with Crippen molar-refractivity contribution in [2.45, 2.75) is 30.7 Å². The third-order valence-corrected chi connectivity index (χ3v) is 5.73. The molecule has 1 heterocycles. The van der Waals surface area contributed by atoms with Gasteiger partial charge in [0.05, 0.1) is 4.90 Å². The van der Waals surface area contributed by atoms with E-state index in [4.69, 9.17) is 0 Å². The van der Waals surface area contributed by atoms with Gasteiger partial charge in [-0.05, 0) is 29.7 Å². The summed E-state index contributed by atoms with van der Waals surface area (Å²) in [7, 11) is -1.83. The molecule has 0 spiro atoms. The summed E-state index contributed by atoms with van der Waals surface area (Å²) in [6, 6.07) is 16.0. The van der Waals surface area contributed by atoms with Crippen LogP contribution < -0.4 is 4.72 Å². The standard InChI is InChI=1S/C20H23N3O2S/c1-3-7-16-10-12-18(13-11-16)26(24,25)22-19(17-8-5-4-6-9-17)20-21-14-15-23(20)2/h4-6,8-15,19,22H,3,7H2,1-2H3. The van der Waals surface area contributed by atoms with Crippen LogP contribution in [-0.2, 0) is 23.5 Å². The summed E-state index contributed by atoms with van der Waals surface area (Å²) < 4.78 is 30.5. The van der Waals surface area contributed by atoms with Gasteiger partial charge in [0.2, 0.25) is 10.0 Å². The molecule has 5 nitrogen and oxygen atoms in total. The van der Waals surface area contributed by atoms with Gasteiger partial charge < -0.3 is 4.57 Å². The molecular formula is C20H23N3O2S. The van der Waals surface area contributed by atoms with Crippen LogP contribution in [0, 0.1) is 0 Å². The second kappa shape index (κ2) is 7.85. The Hall–Kier alpha value is -2.44. The van der Waals surface area contributed by atoms with Crippen molar-refractivity contribution in [1.82, 2.24) is 14.3 Å². The Morgan fingerprint density at radius 2 is 1.77 bits per heavy atom. The first kappa shape index (κ1) is 18.4. The SMILES string of the molecule is CCCc1ccc(S(=O)(=O)NC(c2ccccc2)c2nccn2C)cc1. The Balaban J connectivity index is 1.94. The smallest absolute Gasteiger partial charge is 0.241 e. The lowest BCUT2D eigenvalue weighted by atomic mass is 10.1. The zero-order chi connectivity index (χ0) is 18.6. The van der Waals surface area contributed by atoms with Crippen molar-refractivity contribution in [2.75, 3.05) is 0 Å². The van der Waals surface area contributed by atoms with Crippen molar-refractivity contribution in [3.8, 4) is 0 Å². The van der Waals surface area contributed by atoms with Gasteiger partial charge >= 0.3 is 0 Å². The van der Waals surface area contributed by atoms with E-state index in [9.17, 15) is 8.42 Å². The highest BCUT2D eigenvalue weighted by atomic mass is 32.2. The summed E-state index contributed by atoms with van der Waals surface area (Å²) in [6.07, 6.45) is 5.44. The third-order valence-electron chi connectivity index (χ3n) is 4.29. The maximum absolute atomic E-state index is 12.9. The molecular weight excluding hydrogens is 346 g/mol. The van der Waals surface area contributed by atoms with E-state index in [1.54, 1.807) is 24.5 Å². The molecule has 26 heavy (non-hydrogen) atoms. The summed E-state index contributed by atoms with van der Waals surface area (Å²) in [6.45, 7) is 2.10. The number of aryl methyl sites for hydroxylation is 2. The fourth-order valence-corrected chi connectivity index (χ4v) is 4.10. The van der Waals surface area contributed by atoms with E-state index in [-0.39, 0.29) is 4.90 Å². The van der Waals surface area contributed by atoms with Gasteiger partial charge in [0.1, 0.15) is 11.9 Å². The second-order valence-corrected chi connectivity index (χ2v) is 7.97. The predicted molar refractivity (Wildman–Crippen MR) is 102 cm³/mol. The van der Waals surface area contributed by atoms with E-state index in [1.807, 2.05) is 54.1 Å². The van der Waals surface area contributed by atoms with Crippen LogP contribution in [0.15, 0.2) is 71.9 Å². The zero-order valence-electron chi connectivity index (χ0n) is 15.0. The highest BCUT2D eigenvalue weighted by molar-refractivity contribution is 7.89. The number of benzene rings is 2. The Labute approximate surface area is 154 Å². The quantitative estimate of drug-likeness (QED) is 0.694. The maximum Gasteiger partial charge on any atom is 0.241 e. The molecule has 0 amide bonds. The van der Waals surface area contributed by atoms with Crippen LogP contribution in [0.2, 0.25) is 0 Å². The molecule has 1 N–H and O–H groups in total. The molecule has 0 fully saturated rings. The molecule has 0 aliphatic heterocycles. The van der Waals surface area contributed by atoms with Crippen molar-refractivity contribution < 1.29 is 8.42 Å². The van der Waals surface area contributed by atoms with Gasteiger partial charge in [-0.3, -0.25) is 0 Å². The Kier molecular flexibility index (Phi) is 5.54. The van der Waals surface area contributed by atoms with E-state index < -0.39 is 16.1 Å². The third kappa shape index (κ3) is 4.03. The van der Waals surface area contributed by atoms with Crippen LogP contribution in [0.4, 0.5) is 0 Å². The number of hydrogen-bond donors (Lipinski definition) is 1. The largest absolute Gasteiger partial charge is 0.336 e. The minimum atomic E-state index is -3.69. The lowest BCUT2D eigenvalue weighted by Gasteiger charge is -2.19. The number of hydrogen-bond acceptors (Lipinski definition) is 3. The van der Waals surface area contributed by atoms with E-state index in [0.717, 1.165) is 24.0 Å². The van der Waals surface area contributed by atoms with Crippen molar-refractivity contribution in [2.24, 2.45) is 7.05 Å². The molecule has 3 aromatic rings. The van der Waals surface area contributed by atoms with Crippen LogP contribution in [0.25, 0.3) is 0 Å². The molecule has 136 valence electrons. The first-order chi connectivity index (χ1) is 12.5. The van der Waals surface area contributed by atoms with Crippen molar-refractivity contribution >= 4 is 10.0 Å². The van der Waals surface area contributed by atoms with Crippen LogP contribution in [0.5, 0.6) is 0 Å². The number of rotatable bonds is 7. The molecule has 1 aromatic heterocycles. The second-order valence-electron chi connectivity index (χ2n) is 6.26. The minimum Gasteiger partial charge on any atom is -0.336 e. The van der Waals surface area contributed by atoms with E-state index in [1.165, 1.54) is 0 Å². The molecule has 0 saturated carbocycles. The van der Waals surface area contributed by atoms with Crippen LogP contribution in [0.1, 0.15) is 36.3 Å². The highest BCUT2D eigenvalue weighted by Gasteiger charge is 2.25. The lowest BCUT2D eigenvalue weighted by molar-refractivity contribution is 0.563. The number of nitrogens with one attached hydrogen (secondary N) is 1. The summed E-state index contributed by atoms with van der Waals surface area (Å²) in [5, 5.41) is 0. The van der Waals surface area contributed by atoms with Gasteiger partial charge in [-0.25, -0.2) is 13.4 Å². The summed E-state index contributed by atoms with van der Waals surface area (Å²) in [5.41, 5.74) is 1.98. The fourth-order valence-electron chi connectivity index (χ4n) is 2.92. The number of imidazole rings is 1. The minimum absolute atomic E-state index is 0.257. The Morgan fingerprint density at radius 3 is 2.35 bits per heavy atom. The highest BCUT2D eigenvalue weighted by Crippen LogP contribution is 2.23. The van der Waals surface area contributed by atoms with Gasteiger partial charge in [-0.2, -0.15) is 4.72 Å². The molecule has 0 aliphatic rings. The van der Waals surface area contributed by atoms with E-state index >= 15 is 0 Å². The molecule has 6 heteroatoms. The van der Waals surface area contributed by atoms with Gasteiger partial charge in [0.15, 0.2) is 0 Å². The predicted octanol–water partition coefficient (Wildman–Crippen LogP) is 3.44. The maximum atomic E-state index is 12.9. The molecule has 3 rings (SSSR count). The topological polar surface area (TPSA) is 64.0 Å². The zero-order valence-corrected chi connectivity index (χ0v) is 15.8. The van der Waals surface area contributed by atoms with Crippen LogP contribution in [-0.4, -0.2) is 18.0 Å². The summed E-state index contributed by atoms with van der Waals surface area (Å²) in [5.74, 6) is 0.641. The van der Waals surface area contributed by atoms with Crippen LogP contribution in [0.3, 0.4) is 0 Å². The van der Waals surface area contributed by atoms with Crippen molar-refractivity contribution in [3.05, 3.63) is 83.9 Å². The molecule has 0 aliphatic carbocycles. The average molecular weight is 369 g/mol. The average Bonchev–Trinajstić information content (AvgIpc) is 3.07. The Morgan fingerprint density at radius 1 is 1.08 bits per heavy atom. The molecule has 0 saturated heterocycles.